The highest BCUT2D eigenvalue weighted by molar-refractivity contribution is 5.89. The molecule has 0 unspecified atom stereocenters. The van der Waals surface area contributed by atoms with Gasteiger partial charge in [-0.05, 0) is 49.9 Å². The van der Waals surface area contributed by atoms with Crippen molar-refractivity contribution in [3.05, 3.63) is 59.7 Å². The fourth-order valence-electron chi connectivity index (χ4n) is 4.62. The smallest absolute Gasteiger partial charge is 0.247 e. The van der Waals surface area contributed by atoms with E-state index in [2.05, 4.69) is 27.5 Å². The lowest BCUT2D eigenvalue weighted by atomic mass is 9.97. The number of carbonyl (C=O) groups is 2. The van der Waals surface area contributed by atoms with Crippen LogP contribution in [0, 0.1) is 0 Å². The molecule has 1 aromatic heterocycles. The summed E-state index contributed by atoms with van der Waals surface area (Å²) in [4.78, 5) is 31.9. The summed E-state index contributed by atoms with van der Waals surface area (Å²) in [5.41, 5.74) is 3.09. The molecule has 2 amide bonds. The Morgan fingerprint density at radius 3 is 2.47 bits per heavy atom. The van der Waals surface area contributed by atoms with E-state index in [-0.39, 0.29) is 18.4 Å². The maximum absolute atomic E-state index is 14.0. The van der Waals surface area contributed by atoms with Gasteiger partial charge in [0.2, 0.25) is 11.8 Å². The van der Waals surface area contributed by atoms with Gasteiger partial charge in [-0.2, -0.15) is 0 Å². The molecule has 1 aliphatic rings. The van der Waals surface area contributed by atoms with E-state index in [4.69, 9.17) is 4.74 Å². The minimum atomic E-state index is -0.768. The summed E-state index contributed by atoms with van der Waals surface area (Å²) in [5.74, 6) is -0.359. The SMILES string of the molecule is CCc1ccc([C@@H](C(=O)NC(C)(C)CC)N(CCN2CCOCC2)C(=O)Cn2nnc3ccccc32)cc1. The summed E-state index contributed by atoms with van der Waals surface area (Å²) < 4.78 is 7.12. The van der Waals surface area contributed by atoms with Gasteiger partial charge in [-0.15, -0.1) is 5.10 Å². The Morgan fingerprint density at radius 1 is 1.08 bits per heavy atom. The second kappa shape index (κ2) is 12.5. The van der Waals surface area contributed by atoms with Crippen LogP contribution in [0.2, 0.25) is 0 Å². The van der Waals surface area contributed by atoms with Gasteiger partial charge < -0.3 is 15.0 Å². The zero-order valence-corrected chi connectivity index (χ0v) is 23.0. The van der Waals surface area contributed by atoms with Gasteiger partial charge >= 0.3 is 0 Å². The number of ether oxygens (including phenoxy) is 1. The minimum absolute atomic E-state index is 0.00236. The topological polar surface area (TPSA) is 92.6 Å². The number of hydrogen-bond donors (Lipinski definition) is 1. The van der Waals surface area contributed by atoms with Crippen LogP contribution in [0.5, 0.6) is 0 Å². The molecule has 9 heteroatoms. The zero-order chi connectivity index (χ0) is 27.1. The first-order valence-electron chi connectivity index (χ1n) is 13.6. The minimum Gasteiger partial charge on any atom is -0.379 e. The first-order chi connectivity index (χ1) is 18.3. The average molecular weight is 521 g/mol. The third-order valence-electron chi connectivity index (χ3n) is 7.40. The highest BCUT2D eigenvalue weighted by Gasteiger charge is 2.34. The van der Waals surface area contributed by atoms with Crippen molar-refractivity contribution in [3.8, 4) is 0 Å². The number of hydrogen-bond acceptors (Lipinski definition) is 6. The van der Waals surface area contributed by atoms with Crippen LogP contribution in [0.4, 0.5) is 0 Å². The molecule has 4 rings (SSSR count). The number of fused-ring (bicyclic) bond motifs is 1. The predicted octanol–water partition coefficient (Wildman–Crippen LogP) is 3.20. The fraction of sp³-hybridized carbons (Fsp3) is 0.517. The van der Waals surface area contributed by atoms with Gasteiger partial charge in [0.15, 0.2) is 0 Å². The van der Waals surface area contributed by atoms with Crippen molar-refractivity contribution in [1.82, 2.24) is 30.1 Å². The first-order valence-corrected chi connectivity index (χ1v) is 13.6. The normalized spacial score (nSPS) is 15.4. The quantitative estimate of drug-likeness (QED) is 0.418. The van der Waals surface area contributed by atoms with E-state index < -0.39 is 11.6 Å². The Hall–Kier alpha value is -3.30. The molecule has 3 aromatic rings. The van der Waals surface area contributed by atoms with Crippen molar-refractivity contribution in [2.24, 2.45) is 0 Å². The number of nitrogens with one attached hydrogen (secondary N) is 1. The molecule has 0 spiro atoms. The van der Waals surface area contributed by atoms with E-state index in [9.17, 15) is 9.59 Å². The summed E-state index contributed by atoms with van der Waals surface area (Å²) in [6.45, 7) is 12.2. The molecule has 38 heavy (non-hydrogen) atoms. The second-order valence-corrected chi connectivity index (χ2v) is 10.5. The van der Waals surface area contributed by atoms with E-state index in [1.54, 1.807) is 9.58 Å². The molecule has 9 nitrogen and oxygen atoms in total. The van der Waals surface area contributed by atoms with Crippen molar-refractivity contribution in [1.29, 1.82) is 0 Å². The largest absolute Gasteiger partial charge is 0.379 e. The summed E-state index contributed by atoms with van der Waals surface area (Å²) in [6, 6.07) is 14.8. The zero-order valence-electron chi connectivity index (χ0n) is 23.0. The molecular formula is C29H40N6O3. The van der Waals surface area contributed by atoms with Crippen LogP contribution in [0.15, 0.2) is 48.5 Å². The molecule has 204 valence electrons. The fourth-order valence-corrected chi connectivity index (χ4v) is 4.62. The van der Waals surface area contributed by atoms with Gasteiger partial charge in [0.25, 0.3) is 0 Å². The number of aryl methyl sites for hydroxylation is 1. The number of morpholine rings is 1. The molecule has 2 heterocycles. The van der Waals surface area contributed by atoms with Gasteiger partial charge in [0.05, 0.1) is 18.7 Å². The van der Waals surface area contributed by atoms with Gasteiger partial charge in [-0.1, -0.05) is 55.5 Å². The molecule has 0 bridgehead atoms. The molecule has 1 saturated heterocycles. The summed E-state index contributed by atoms with van der Waals surface area (Å²) in [5, 5.41) is 11.6. The molecule has 0 aliphatic carbocycles. The first kappa shape index (κ1) is 27.7. The number of benzene rings is 2. The lowest BCUT2D eigenvalue weighted by molar-refractivity contribution is -0.142. The van der Waals surface area contributed by atoms with Crippen molar-refractivity contribution < 1.29 is 14.3 Å². The Labute approximate surface area is 225 Å². The Balaban J connectivity index is 1.68. The Kier molecular flexibility index (Phi) is 9.12. The number of carbonyl (C=O) groups excluding carboxylic acids is 2. The highest BCUT2D eigenvalue weighted by atomic mass is 16.5. The van der Waals surface area contributed by atoms with Crippen LogP contribution in [0.1, 0.15) is 51.3 Å². The molecular weight excluding hydrogens is 480 g/mol. The average Bonchev–Trinajstić information content (AvgIpc) is 3.34. The summed E-state index contributed by atoms with van der Waals surface area (Å²) >= 11 is 0. The number of para-hydroxylation sites is 1. The van der Waals surface area contributed by atoms with Gasteiger partial charge in [-0.25, -0.2) is 4.68 Å². The van der Waals surface area contributed by atoms with Crippen LogP contribution in [0.3, 0.4) is 0 Å². The van der Waals surface area contributed by atoms with Gasteiger partial charge in [-0.3, -0.25) is 14.5 Å². The van der Waals surface area contributed by atoms with E-state index in [1.807, 2.05) is 69.3 Å². The lowest BCUT2D eigenvalue weighted by Gasteiger charge is -2.36. The number of aromatic nitrogens is 3. The van der Waals surface area contributed by atoms with Crippen LogP contribution in [-0.4, -0.2) is 81.5 Å². The van der Waals surface area contributed by atoms with E-state index in [0.29, 0.717) is 26.3 Å². The standard InChI is InChI=1S/C29H40N6O3/c1-5-22-11-13-23(14-12-22)27(28(37)30-29(3,4)6-2)34(16-15-33-17-19-38-20-18-33)26(36)21-35-25-10-8-7-9-24(25)31-32-35/h7-14,27H,5-6,15-21H2,1-4H3,(H,30,37)/t27-/m0/s1. The predicted molar refractivity (Wildman–Crippen MR) is 148 cm³/mol. The molecule has 0 saturated carbocycles. The molecule has 1 N–H and O–H groups in total. The highest BCUT2D eigenvalue weighted by Crippen LogP contribution is 2.25. The number of amides is 2. The molecule has 1 aliphatic heterocycles. The Bertz CT molecular complexity index is 1220. The van der Waals surface area contributed by atoms with Crippen LogP contribution < -0.4 is 5.32 Å². The van der Waals surface area contributed by atoms with E-state index in [1.165, 1.54) is 5.56 Å². The third kappa shape index (κ3) is 6.76. The third-order valence-corrected chi connectivity index (χ3v) is 7.40. The number of nitrogens with zero attached hydrogens (tertiary/aromatic N) is 5. The van der Waals surface area contributed by atoms with Crippen molar-refractivity contribution in [3.63, 3.8) is 0 Å². The van der Waals surface area contributed by atoms with Crippen LogP contribution >= 0.6 is 0 Å². The summed E-state index contributed by atoms with van der Waals surface area (Å²) in [7, 11) is 0. The number of rotatable bonds is 11. The van der Waals surface area contributed by atoms with E-state index >= 15 is 0 Å². The maximum atomic E-state index is 14.0. The van der Waals surface area contributed by atoms with Gasteiger partial charge in [0, 0.05) is 31.7 Å². The summed E-state index contributed by atoms with van der Waals surface area (Å²) in [6.07, 6.45) is 1.67. The van der Waals surface area contributed by atoms with Crippen LogP contribution in [0.25, 0.3) is 11.0 Å². The molecule has 0 radical (unpaired) electrons. The van der Waals surface area contributed by atoms with Crippen molar-refractivity contribution in [2.75, 3.05) is 39.4 Å². The molecule has 1 fully saturated rings. The van der Waals surface area contributed by atoms with Crippen molar-refractivity contribution >= 4 is 22.8 Å². The molecule has 1 atom stereocenters. The van der Waals surface area contributed by atoms with Gasteiger partial charge in [0.1, 0.15) is 18.1 Å². The Morgan fingerprint density at radius 2 is 1.79 bits per heavy atom. The monoisotopic (exact) mass is 520 g/mol. The maximum Gasteiger partial charge on any atom is 0.247 e. The van der Waals surface area contributed by atoms with Crippen LogP contribution in [-0.2, 0) is 27.3 Å². The second-order valence-electron chi connectivity index (χ2n) is 10.5. The van der Waals surface area contributed by atoms with E-state index in [0.717, 1.165) is 42.5 Å². The molecule has 2 aromatic carbocycles. The van der Waals surface area contributed by atoms with Crippen molar-refractivity contribution in [2.45, 2.75) is 58.7 Å². The lowest BCUT2D eigenvalue weighted by Crippen LogP contribution is -2.52.